The molecule has 1 saturated heterocycles. The number of fused-ring (bicyclic) bond motifs is 1. The van der Waals surface area contributed by atoms with Gasteiger partial charge in [0.05, 0.1) is 5.69 Å². The predicted octanol–water partition coefficient (Wildman–Crippen LogP) is 3.23. The zero-order valence-corrected chi connectivity index (χ0v) is 12.1. The fourth-order valence-electron chi connectivity index (χ4n) is 3.02. The lowest BCUT2D eigenvalue weighted by molar-refractivity contribution is 0.166. The SMILES string of the molecule is Cc1ccn2cc(C3CCCN(C(C)C)C3)nc2c1. The summed E-state index contributed by atoms with van der Waals surface area (Å²) in [5, 5.41) is 0. The van der Waals surface area contributed by atoms with Crippen LogP contribution in [0.1, 0.15) is 43.9 Å². The molecule has 1 unspecified atom stereocenters. The van der Waals surface area contributed by atoms with E-state index in [-0.39, 0.29) is 0 Å². The summed E-state index contributed by atoms with van der Waals surface area (Å²) >= 11 is 0. The van der Waals surface area contributed by atoms with Crippen molar-refractivity contribution < 1.29 is 0 Å². The van der Waals surface area contributed by atoms with E-state index < -0.39 is 0 Å². The molecule has 102 valence electrons. The second kappa shape index (κ2) is 4.97. The Bertz CT molecular complexity index is 570. The van der Waals surface area contributed by atoms with Gasteiger partial charge in [-0.1, -0.05) is 0 Å². The molecule has 0 spiro atoms. The van der Waals surface area contributed by atoms with Crippen molar-refractivity contribution >= 4 is 5.65 Å². The highest BCUT2D eigenvalue weighted by atomic mass is 15.2. The van der Waals surface area contributed by atoms with Gasteiger partial charge in [-0.25, -0.2) is 4.98 Å². The van der Waals surface area contributed by atoms with Crippen molar-refractivity contribution in [2.24, 2.45) is 0 Å². The molecule has 0 aliphatic carbocycles. The number of piperidine rings is 1. The van der Waals surface area contributed by atoms with Gasteiger partial charge in [0.25, 0.3) is 0 Å². The molecular weight excluding hydrogens is 234 g/mol. The molecule has 0 N–H and O–H groups in total. The summed E-state index contributed by atoms with van der Waals surface area (Å²) < 4.78 is 2.15. The van der Waals surface area contributed by atoms with Crippen molar-refractivity contribution in [3.8, 4) is 0 Å². The Hall–Kier alpha value is -1.35. The number of hydrogen-bond donors (Lipinski definition) is 0. The van der Waals surface area contributed by atoms with Crippen LogP contribution in [0.15, 0.2) is 24.5 Å². The Morgan fingerprint density at radius 2 is 2.21 bits per heavy atom. The van der Waals surface area contributed by atoms with E-state index >= 15 is 0 Å². The van der Waals surface area contributed by atoms with Crippen molar-refractivity contribution in [1.82, 2.24) is 14.3 Å². The summed E-state index contributed by atoms with van der Waals surface area (Å²) in [5.41, 5.74) is 3.62. The Kier molecular flexibility index (Phi) is 3.31. The zero-order valence-electron chi connectivity index (χ0n) is 12.1. The Morgan fingerprint density at radius 1 is 1.37 bits per heavy atom. The second-order valence-corrected chi connectivity index (χ2v) is 6.06. The maximum atomic E-state index is 4.83. The van der Waals surface area contributed by atoms with E-state index in [0.717, 1.165) is 12.2 Å². The Balaban J connectivity index is 1.87. The first kappa shape index (κ1) is 12.7. The zero-order chi connectivity index (χ0) is 13.4. The molecule has 2 aromatic rings. The molecule has 0 amide bonds. The number of aromatic nitrogens is 2. The summed E-state index contributed by atoms with van der Waals surface area (Å²) in [5.74, 6) is 0.594. The van der Waals surface area contributed by atoms with Crippen LogP contribution in [0.3, 0.4) is 0 Å². The molecule has 1 fully saturated rings. The molecule has 3 heterocycles. The average molecular weight is 257 g/mol. The third kappa shape index (κ3) is 2.52. The summed E-state index contributed by atoms with van der Waals surface area (Å²) in [4.78, 5) is 7.40. The molecule has 3 heteroatoms. The maximum Gasteiger partial charge on any atom is 0.137 e. The van der Waals surface area contributed by atoms with Crippen molar-refractivity contribution in [1.29, 1.82) is 0 Å². The van der Waals surface area contributed by atoms with Gasteiger partial charge in [-0.2, -0.15) is 0 Å². The van der Waals surface area contributed by atoms with Crippen LogP contribution in [-0.2, 0) is 0 Å². The lowest BCUT2D eigenvalue weighted by Gasteiger charge is -2.34. The van der Waals surface area contributed by atoms with Crippen LogP contribution in [0.25, 0.3) is 5.65 Å². The van der Waals surface area contributed by atoms with E-state index in [4.69, 9.17) is 4.98 Å². The Morgan fingerprint density at radius 3 is 3.00 bits per heavy atom. The fourth-order valence-corrected chi connectivity index (χ4v) is 3.02. The van der Waals surface area contributed by atoms with Crippen LogP contribution in [0.4, 0.5) is 0 Å². The van der Waals surface area contributed by atoms with Gasteiger partial charge in [-0.05, 0) is 57.9 Å². The smallest absolute Gasteiger partial charge is 0.137 e. The van der Waals surface area contributed by atoms with Gasteiger partial charge in [0.15, 0.2) is 0 Å². The minimum Gasteiger partial charge on any atom is -0.307 e. The standard InChI is InChI=1S/C16H23N3/c1-12(2)18-7-4-5-14(10-18)15-11-19-8-6-13(3)9-16(19)17-15/h6,8-9,11-12,14H,4-5,7,10H2,1-3H3. The van der Waals surface area contributed by atoms with Crippen molar-refractivity contribution in [2.75, 3.05) is 13.1 Å². The maximum absolute atomic E-state index is 4.83. The van der Waals surface area contributed by atoms with E-state index in [0.29, 0.717) is 12.0 Å². The third-order valence-electron chi connectivity index (χ3n) is 4.24. The highest BCUT2D eigenvalue weighted by molar-refractivity contribution is 5.43. The van der Waals surface area contributed by atoms with Gasteiger partial charge >= 0.3 is 0 Å². The summed E-state index contributed by atoms with van der Waals surface area (Å²) in [6.07, 6.45) is 6.88. The first-order valence-corrected chi connectivity index (χ1v) is 7.33. The van der Waals surface area contributed by atoms with E-state index in [1.165, 1.54) is 30.6 Å². The molecule has 1 aliphatic rings. The first-order valence-electron chi connectivity index (χ1n) is 7.33. The number of hydrogen-bond acceptors (Lipinski definition) is 2. The highest BCUT2D eigenvalue weighted by Crippen LogP contribution is 2.27. The van der Waals surface area contributed by atoms with E-state index in [2.05, 4.69) is 54.6 Å². The highest BCUT2D eigenvalue weighted by Gasteiger charge is 2.24. The molecule has 3 rings (SSSR count). The molecule has 2 aromatic heterocycles. The van der Waals surface area contributed by atoms with Crippen LogP contribution >= 0.6 is 0 Å². The number of aryl methyl sites for hydroxylation is 1. The van der Waals surface area contributed by atoms with Gasteiger partial charge in [0, 0.05) is 30.9 Å². The van der Waals surface area contributed by atoms with Crippen LogP contribution in [0.5, 0.6) is 0 Å². The average Bonchev–Trinajstić information content (AvgIpc) is 2.81. The van der Waals surface area contributed by atoms with Crippen LogP contribution in [0, 0.1) is 6.92 Å². The molecule has 3 nitrogen and oxygen atoms in total. The van der Waals surface area contributed by atoms with E-state index in [1.54, 1.807) is 0 Å². The molecule has 1 atom stereocenters. The van der Waals surface area contributed by atoms with Gasteiger partial charge in [-0.15, -0.1) is 0 Å². The molecule has 0 aromatic carbocycles. The Labute approximate surface area is 115 Å². The predicted molar refractivity (Wildman–Crippen MR) is 78.6 cm³/mol. The molecule has 1 aliphatic heterocycles. The largest absolute Gasteiger partial charge is 0.307 e. The van der Waals surface area contributed by atoms with Crippen LogP contribution in [0.2, 0.25) is 0 Å². The van der Waals surface area contributed by atoms with E-state index in [9.17, 15) is 0 Å². The summed E-state index contributed by atoms with van der Waals surface area (Å²) in [7, 11) is 0. The molecule has 0 bridgehead atoms. The van der Waals surface area contributed by atoms with Crippen LogP contribution < -0.4 is 0 Å². The van der Waals surface area contributed by atoms with Gasteiger partial charge in [0.2, 0.25) is 0 Å². The summed E-state index contributed by atoms with van der Waals surface area (Å²) in [6, 6.07) is 4.94. The number of nitrogens with zero attached hydrogens (tertiary/aromatic N) is 3. The van der Waals surface area contributed by atoms with Crippen molar-refractivity contribution in [3.63, 3.8) is 0 Å². The minimum absolute atomic E-state index is 0.594. The molecule has 0 saturated carbocycles. The minimum atomic E-state index is 0.594. The monoisotopic (exact) mass is 257 g/mol. The van der Waals surface area contributed by atoms with Crippen LogP contribution in [-0.4, -0.2) is 33.4 Å². The number of imidazole rings is 1. The second-order valence-electron chi connectivity index (χ2n) is 6.06. The van der Waals surface area contributed by atoms with Gasteiger partial charge < -0.3 is 9.30 Å². The lowest BCUT2D eigenvalue weighted by atomic mass is 9.94. The fraction of sp³-hybridized carbons (Fsp3) is 0.562. The summed E-state index contributed by atoms with van der Waals surface area (Å²) in [6.45, 7) is 9.08. The number of rotatable bonds is 2. The van der Waals surface area contributed by atoms with Crippen molar-refractivity contribution in [2.45, 2.75) is 45.6 Å². The van der Waals surface area contributed by atoms with E-state index in [1.807, 2.05) is 0 Å². The van der Waals surface area contributed by atoms with Gasteiger partial charge in [0.1, 0.15) is 5.65 Å². The molecular formula is C16H23N3. The normalized spacial score (nSPS) is 21.4. The topological polar surface area (TPSA) is 20.5 Å². The van der Waals surface area contributed by atoms with Crippen molar-refractivity contribution in [3.05, 3.63) is 35.8 Å². The third-order valence-corrected chi connectivity index (χ3v) is 4.24. The lowest BCUT2D eigenvalue weighted by Crippen LogP contribution is -2.39. The number of pyridine rings is 1. The quantitative estimate of drug-likeness (QED) is 0.823. The molecule has 0 radical (unpaired) electrons. The molecule has 19 heavy (non-hydrogen) atoms. The first-order chi connectivity index (χ1) is 9.13. The van der Waals surface area contributed by atoms with Gasteiger partial charge in [-0.3, -0.25) is 0 Å². The number of likely N-dealkylation sites (tertiary alicyclic amines) is 1.